The third kappa shape index (κ3) is 2.71. The summed E-state index contributed by atoms with van der Waals surface area (Å²) >= 11 is 1.66. The molecule has 0 amide bonds. The van der Waals surface area contributed by atoms with Crippen molar-refractivity contribution in [3.05, 3.63) is 35.3 Å². The molecule has 0 radical (unpaired) electrons. The van der Waals surface area contributed by atoms with Crippen molar-refractivity contribution in [2.75, 3.05) is 13.7 Å². The predicted molar refractivity (Wildman–Crippen MR) is 76.2 cm³/mol. The Hall–Kier alpha value is -1.39. The van der Waals surface area contributed by atoms with Gasteiger partial charge in [-0.25, -0.2) is 4.98 Å². The number of benzene rings is 1. The maximum absolute atomic E-state index is 5.37. The number of nitrogens with one attached hydrogen (secondary N) is 1. The van der Waals surface area contributed by atoms with Crippen molar-refractivity contribution in [2.24, 2.45) is 0 Å². The van der Waals surface area contributed by atoms with Gasteiger partial charge >= 0.3 is 0 Å². The van der Waals surface area contributed by atoms with Gasteiger partial charge in [0, 0.05) is 11.4 Å². The molecule has 0 saturated carbocycles. The highest BCUT2D eigenvalue weighted by Crippen LogP contribution is 2.32. The van der Waals surface area contributed by atoms with Gasteiger partial charge in [-0.05, 0) is 25.6 Å². The second-order valence-electron chi connectivity index (χ2n) is 4.06. The fourth-order valence-electron chi connectivity index (χ4n) is 1.84. The van der Waals surface area contributed by atoms with Gasteiger partial charge in [0.1, 0.15) is 10.8 Å². The van der Waals surface area contributed by atoms with Crippen molar-refractivity contribution in [1.29, 1.82) is 0 Å². The van der Waals surface area contributed by atoms with Gasteiger partial charge in [0.25, 0.3) is 0 Å². The molecule has 1 atom stereocenters. The first kappa shape index (κ1) is 13.1. The molecule has 0 fully saturated rings. The zero-order valence-corrected chi connectivity index (χ0v) is 11.8. The summed E-state index contributed by atoms with van der Waals surface area (Å²) in [6, 6.07) is 8.27. The van der Waals surface area contributed by atoms with E-state index in [2.05, 4.69) is 29.5 Å². The van der Waals surface area contributed by atoms with Crippen LogP contribution < -0.4 is 10.1 Å². The number of ether oxygens (including phenoxy) is 1. The van der Waals surface area contributed by atoms with Crippen LogP contribution in [0.5, 0.6) is 5.75 Å². The van der Waals surface area contributed by atoms with Crippen LogP contribution >= 0.6 is 11.3 Å². The summed E-state index contributed by atoms with van der Waals surface area (Å²) in [5, 5.41) is 6.48. The number of rotatable bonds is 5. The van der Waals surface area contributed by atoms with Gasteiger partial charge in [0.15, 0.2) is 0 Å². The molecule has 18 heavy (non-hydrogen) atoms. The van der Waals surface area contributed by atoms with Gasteiger partial charge in [-0.15, -0.1) is 11.3 Å². The van der Waals surface area contributed by atoms with Crippen molar-refractivity contribution in [2.45, 2.75) is 19.9 Å². The lowest BCUT2D eigenvalue weighted by Crippen LogP contribution is -2.17. The van der Waals surface area contributed by atoms with Crippen molar-refractivity contribution in [3.8, 4) is 16.3 Å². The van der Waals surface area contributed by atoms with Crippen molar-refractivity contribution in [3.63, 3.8) is 0 Å². The Kier molecular flexibility index (Phi) is 4.33. The lowest BCUT2D eigenvalue weighted by molar-refractivity contribution is 0.416. The molecule has 3 nitrogen and oxygen atoms in total. The summed E-state index contributed by atoms with van der Waals surface area (Å²) < 4.78 is 5.37. The van der Waals surface area contributed by atoms with E-state index >= 15 is 0 Å². The third-order valence-corrected chi connectivity index (χ3v) is 3.71. The Balaban J connectivity index is 2.29. The molecule has 0 aliphatic rings. The Morgan fingerprint density at radius 2 is 2.17 bits per heavy atom. The van der Waals surface area contributed by atoms with Crippen LogP contribution in [0.1, 0.15) is 25.6 Å². The minimum Gasteiger partial charge on any atom is -0.496 e. The van der Waals surface area contributed by atoms with E-state index in [0.29, 0.717) is 0 Å². The molecular formula is C14H18N2OS. The molecule has 1 aromatic carbocycles. The fourth-order valence-corrected chi connectivity index (χ4v) is 2.78. The highest BCUT2D eigenvalue weighted by atomic mass is 32.1. The SMILES string of the molecule is CCNC(C)c1csc(-c2ccccc2OC)n1. The molecule has 96 valence electrons. The minimum atomic E-state index is 0.287. The molecule has 0 aliphatic carbocycles. The van der Waals surface area contributed by atoms with Gasteiger partial charge in [-0.2, -0.15) is 0 Å². The lowest BCUT2D eigenvalue weighted by Gasteiger charge is -2.08. The van der Waals surface area contributed by atoms with E-state index in [1.54, 1.807) is 18.4 Å². The number of hydrogen-bond acceptors (Lipinski definition) is 4. The molecule has 2 rings (SSSR count). The first-order valence-electron chi connectivity index (χ1n) is 6.08. The zero-order chi connectivity index (χ0) is 13.0. The largest absolute Gasteiger partial charge is 0.496 e. The summed E-state index contributed by atoms with van der Waals surface area (Å²) in [6.07, 6.45) is 0. The van der Waals surface area contributed by atoms with Crippen molar-refractivity contribution in [1.82, 2.24) is 10.3 Å². The van der Waals surface area contributed by atoms with E-state index in [1.807, 2.05) is 24.3 Å². The van der Waals surface area contributed by atoms with Crippen LogP contribution in [0.2, 0.25) is 0 Å². The van der Waals surface area contributed by atoms with Gasteiger partial charge in [0.2, 0.25) is 0 Å². The number of thiazole rings is 1. The number of methoxy groups -OCH3 is 1. The average molecular weight is 262 g/mol. The van der Waals surface area contributed by atoms with E-state index in [1.165, 1.54) is 0 Å². The topological polar surface area (TPSA) is 34.1 Å². The van der Waals surface area contributed by atoms with Gasteiger partial charge in [-0.3, -0.25) is 0 Å². The molecule has 1 aromatic heterocycles. The monoisotopic (exact) mass is 262 g/mol. The van der Waals surface area contributed by atoms with E-state index in [0.717, 1.165) is 28.6 Å². The summed E-state index contributed by atoms with van der Waals surface area (Å²) in [4.78, 5) is 4.68. The summed E-state index contributed by atoms with van der Waals surface area (Å²) in [5.74, 6) is 0.870. The fraction of sp³-hybridized carbons (Fsp3) is 0.357. The number of hydrogen-bond donors (Lipinski definition) is 1. The average Bonchev–Trinajstić information content (AvgIpc) is 2.88. The highest BCUT2D eigenvalue weighted by molar-refractivity contribution is 7.13. The molecule has 0 spiro atoms. The summed E-state index contributed by atoms with van der Waals surface area (Å²) in [7, 11) is 1.69. The van der Waals surface area contributed by atoms with Crippen LogP contribution in [0.25, 0.3) is 10.6 Å². The maximum Gasteiger partial charge on any atom is 0.129 e. The second-order valence-corrected chi connectivity index (χ2v) is 4.92. The summed E-state index contributed by atoms with van der Waals surface area (Å²) in [5.41, 5.74) is 2.14. The molecule has 0 aliphatic heterocycles. The van der Waals surface area contributed by atoms with E-state index in [9.17, 15) is 0 Å². The molecule has 2 aromatic rings. The minimum absolute atomic E-state index is 0.287. The Morgan fingerprint density at radius 1 is 1.39 bits per heavy atom. The Bertz CT molecular complexity index is 510. The maximum atomic E-state index is 5.37. The van der Waals surface area contributed by atoms with Gasteiger partial charge < -0.3 is 10.1 Å². The van der Waals surface area contributed by atoms with Crippen molar-refractivity contribution < 1.29 is 4.74 Å². The van der Waals surface area contributed by atoms with E-state index < -0.39 is 0 Å². The molecule has 1 unspecified atom stereocenters. The Morgan fingerprint density at radius 3 is 2.89 bits per heavy atom. The van der Waals surface area contributed by atoms with Crippen molar-refractivity contribution >= 4 is 11.3 Å². The van der Waals surface area contributed by atoms with Crippen LogP contribution in [0, 0.1) is 0 Å². The highest BCUT2D eigenvalue weighted by Gasteiger charge is 2.12. The number of nitrogens with zero attached hydrogens (tertiary/aromatic N) is 1. The van der Waals surface area contributed by atoms with Crippen LogP contribution in [-0.2, 0) is 0 Å². The van der Waals surface area contributed by atoms with E-state index in [4.69, 9.17) is 4.74 Å². The molecule has 0 saturated heterocycles. The Labute approximate surface area is 112 Å². The predicted octanol–water partition coefficient (Wildman–Crippen LogP) is 3.49. The standard InChI is InChI=1S/C14H18N2OS/c1-4-15-10(2)12-9-18-14(16-12)11-7-5-6-8-13(11)17-3/h5-10,15H,4H2,1-3H3. The molecule has 0 bridgehead atoms. The lowest BCUT2D eigenvalue weighted by atomic mass is 10.2. The first-order valence-corrected chi connectivity index (χ1v) is 6.96. The van der Waals surface area contributed by atoms with Crippen LogP contribution in [0.15, 0.2) is 29.6 Å². The zero-order valence-electron chi connectivity index (χ0n) is 10.9. The van der Waals surface area contributed by atoms with Gasteiger partial charge in [-0.1, -0.05) is 19.1 Å². The van der Waals surface area contributed by atoms with Gasteiger partial charge in [0.05, 0.1) is 18.4 Å². The molecule has 1 N–H and O–H groups in total. The van der Waals surface area contributed by atoms with E-state index in [-0.39, 0.29) is 6.04 Å². The second kappa shape index (κ2) is 5.98. The number of para-hydroxylation sites is 1. The molecule has 4 heteroatoms. The molecular weight excluding hydrogens is 244 g/mol. The smallest absolute Gasteiger partial charge is 0.129 e. The molecule has 1 heterocycles. The normalized spacial score (nSPS) is 12.4. The summed E-state index contributed by atoms with van der Waals surface area (Å²) in [6.45, 7) is 5.18. The van der Waals surface area contributed by atoms with Crippen LogP contribution in [-0.4, -0.2) is 18.6 Å². The first-order chi connectivity index (χ1) is 8.76. The quantitative estimate of drug-likeness (QED) is 0.895. The van der Waals surface area contributed by atoms with Crippen LogP contribution in [0.3, 0.4) is 0 Å². The van der Waals surface area contributed by atoms with Crippen LogP contribution in [0.4, 0.5) is 0 Å². The third-order valence-electron chi connectivity index (χ3n) is 2.81. The number of aromatic nitrogens is 1.